The molecule has 0 saturated heterocycles. The number of fused-ring (bicyclic) bond motifs is 2. The number of nitrogens with one attached hydrogen (secondary N) is 2. The molecule has 2 aromatic heterocycles. The lowest BCUT2D eigenvalue weighted by atomic mass is 10.1. The minimum Gasteiger partial charge on any atom is -0.368 e. The van der Waals surface area contributed by atoms with Crippen LogP contribution in [0.1, 0.15) is 17.5 Å². The number of aromatic nitrogens is 2. The summed E-state index contributed by atoms with van der Waals surface area (Å²) in [5, 5.41) is 14.5. The van der Waals surface area contributed by atoms with Crippen LogP contribution in [0, 0.1) is 5.82 Å². The number of benzene rings is 2. The molecule has 33 heavy (non-hydrogen) atoms. The van der Waals surface area contributed by atoms with Gasteiger partial charge in [-0.2, -0.15) is 0 Å². The molecule has 1 unspecified atom stereocenters. The van der Waals surface area contributed by atoms with E-state index in [0.717, 1.165) is 5.56 Å². The van der Waals surface area contributed by atoms with Crippen LogP contribution < -0.4 is 15.2 Å². The van der Waals surface area contributed by atoms with E-state index >= 15 is 0 Å². The molecular formula is C23H21FN4O4S. The third kappa shape index (κ3) is 3.87. The Labute approximate surface area is 189 Å². The SMILES string of the molecule is CS(=O)(=O)N1CCc2cc(NC(O)c3cc4ccc(=O)n(-c5ccc(F)cc5)c4[nH]3)ccc21. The topological polar surface area (TPSA) is 107 Å². The smallest absolute Gasteiger partial charge is 0.256 e. The minimum atomic E-state index is -3.33. The minimum absolute atomic E-state index is 0.293. The monoisotopic (exact) mass is 468 g/mol. The Morgan fingerprint density at radius 1 is 1.09 bits per heavy atom. The molecule has 8 nitrogen and oxygen atoms in total. The Hall–Kier alpha value is -3.63. The Balaban J connectivity index is 1.45. The standard InChI is InChI=1S/C23H21FN4O4S/c1-33(31,32)27-11-10-14-12-17(5-8-20(14)27)25-23(30)19-13-15-2-9-21(29)28(22(15)26-19)18-6-3-16(24)4-7-18/h2-9,12-13,23,25-26,30H,10-11H2,1H3. The Morgan fingerprint density at radius 2 is 1.85 bits per heavy atom. The van der Waals surface area contributed by atoms with Crippen LogP contribution in [0.15, 0.2) is 65.5 Å². The molecule has 2 aromatic carbocycles. The number of halogens is 1. The van der Waals surface area contributed by atoms with Crippen molar-refractivity contribution in [3.05, 3.63) is 88.1 Å². The van der Waals surface area contributed by atoms with Crippen LogP contribution in [0.5, 0.6) is 0 Å². The Kier molecular flexibility index (Phi) is 4.98. The molecule has 0 aliphatic carbocycles. The second kappa shape index (κ2) is 7.75. The molecule has 1 aliphatic rings. The third-order valence-corrected chi connectivity index (χ3v) is 6.89. The normalized spacial score (nSPS) is 14.5. The van der Waals surface area contributed by atoms with Gasteiger partial charge in [0.25, 0.3) is 5.56 Å². The summed E-state index contributed by atoms with van der Waals surface area (Å²) >= 11 is 0. The van der Waals surface area contributed by atoms with Crippen molar-refractivity contribution in [3.63, 3.8) is 0 Å². The quantitative estimate of drug-likeness (QED) is 0.391. The summed E-state index contributed by atoms with van der Waals surface area (Å²) in [5.74, 6) is -0.403. The first-order valence-electron chi connectivity index (χ1n) is 10.3. The highest BCUT2D eigenvalue weighted by Gasteiger charge is 2.26. The number of nitrogens with zero attached hydrogens (tertiary/aromatic N) is 2. The molecule has 10 heteroatoms. The van der Waals surface area contributed by atoms with Crippen LogP contribution in [0.3, 0.4) is 0 Å². The lowest BCUT2D eigenvalue weighted by molar-refractivity contribution is 0.204. The second-order valence-electron chi connectivity index (χ2n) is 7.99. The maximum absolute atomic E-state index is 13.3. The fourth-order valence-electron chi connectivity index (χ4n) is 4.17. The fourth-order valence-corrected chi connectivity index (χ4v) is 5.13. The van der Waals surface area contributed by atoms with Gasteiger partial charge in [0.15, 0.2) is 6.23 Å². The maximum atomic E-state index is 13.3. The van der Waals surface area contributed by atoms with Gasteiger partial charge in [-0.25, -0.2) is 12.8 Å². The number of aliphatic hydroxyl groups is 1. The number of rotatable bonds is 5. The van der Waals surface area contributed by atoms with Crippen molar-refractivity contribution in [2.45, 2.75) is 12.6 Å². The number of sulfonamides is 1. The molecule has 0 saturated carbocycles. The van der Waals surface area contributed by atoms with E-state index in [4.69, 9.17) is 0 Å². The molecule has 1 aliphatic heterocycles. The van der Waals surface area contributed by atoms with Crippen molar-refractivity contribution >= 4 is 32.4 Å². The predicted molar refractivity (Wildman–Crippen MR) is 125 cm³/mol. The van der Waals surface area contributed by atoms with Gasteiger partial charge in [0.1, 0.15) is 11.5 Å². The highest BCUT2D eigenvalue weighted by Crippen LogP contribution is 2.33. The van der Waals surface area contributed by atoms with Crippen molar-refractivity contribution in [3.8, 4) is 5.69 Å². The molecule has 5 rings (SSSR count). The zero-order chi connectivity index (χ0) is 23.3. The average Bonchev–Trinajstić information content (AvgIpc) is 3.38. The van der Waals surface area contributed by atoms with E-state index in [1.54, 1.807) is 24.3 Å². The molecule has 0 fully saturated rings. The van der Waals surface area contributed by atoms with Crippen LogP contribution in [-0.2, 0) is 16.4 Å². The van der Waals surface area contributed by atoms with E-state index < -0.39 is 22.1 Å². The van der Waals surface area contributed by atoms with Crippen molar-refractivity contribution < 1.29 is 17.9 Å². The zero-order valence-electron chi connectivity index (χ0n) is 17.6. The van der Waals surface area contributed by atoms with E-state index in [2.05, 4.69) is 10.3 Å². The average molecular weight is 469 g/mol. The molecule has 170 valence electrons. The number of anilines is 2. The number of aromatic amines is 1. The Bertz CT molecular complexity index is 1530. The fraction of sp³-hybridized carbons (Fsp3) is 0.174. The summed E-state index contributed by atoms with van der Waals surface area (Å²) in [6.45, 7) is 0.392. The summed E-state index contributed by atoms with van der Waals surface area (Å²) in [6.07, 6.45) is 0.656. The first-order chi connectivity index (χ1) is 15.7. The molecule has 3 heterocycles. The first-order valence-corrected chi connectivity index (χ1v) is 12.1. The van der Waals surface area contributed by atoms with Crippen LogP contribution >= 0.6 is 0 Å². The van der Waals surface area contributed by atoms with Crippen molar-refractivity contribution in [1.82, 2.24) is 9.55 Å². The van der Waals surface area contributed by atoms with E-state index in [1.807, 2.05) is 6.07 Å². The summed E-state index contributed by atoms with van der Waals surface area (Å²) in [6, 6.07) is 15.6. The zero-order valence-corrected chi connectivity index (χ0v) is 18.4. The van der Waals surface area contributed by atoms with Gasteiger partial charge >= 0.3 is 0 Å². The number of aliphatic hydroxyl groups excluding tert-OH is 1. The maximum Gasteiger partial charge on any atom is 0.256 e. The molecule has 0 radical (unpaired) electrons. The van der Waals surface area contributed by atoms with Gasteiger partial charge in [-0.15, -0.1) is 0 Å². The van der Waals surface area contributed by atoms with Crippen LogP contribution in [-0.4, -0.2) is 35.9 Å². The van der Waals surface area contributed by atoms with E-state index in [9.17, 15) is 22.7 Å². The van der Waals surface area contributed by atoms with Crippen LogP contribution in [0.25, 0.3) is 16.7 Å². The lowest BCUT2D eigenvalue weighted by Crippen LogP contribution is -2.27. The number of hydrogen-bond donors (Lipinski definition) is 3. The van der Waals surface area contributed by atoms with E-state index in [1.165, 1.54) is 45.5 Å². The van der Waals surface area contributed by atoms with Gasteiger partial charge in [-0.1, -0.05) is 0 Å². The van der Waals surface area contributed by atoms with Crippen molar-refractivity contribution in [1.29, 1.82) is 0 Å². The number of hydrogen-bond acceptors (Lipinski definition) is 5. The van der Waals surface area contributed by atoms with E-state index in [-0.39, 0.29) is 5.56 Å². The van der Waals surface area contributed by atoms with Gasteiger partial charge in [-0.3, -0.25) is 13.7 Å². The van der Waals surface area contributed by atoms with Crippen LogP contribution in [0.4, 0.5) is 15.8 Å². The largest absolute Gasteiger partial charge is 0.368 e. The third-order valence-electron chi connectivity index (χ3n) is 5.71. The van der Waals surface area contributed by atoms with Crippen LogP contribution in [0.2, 0.25) is 0 Å². The highest BCUT2D eigenvalue weighted by molar-refractivity contribution is 7.92. The van der Waals surface area contributed by atoms with Gasteiger partial charge in [0.2, 0.25) is 10.0 Å². The summed E-state index contributed by atoms with van der Waals surface area (Å²) in [5.41, 5.74) is 3.26. The molecule has 0 spiro atoms. The second-order valence-corrected chi connectivity index (χ2v) is 9.89. The summed E-state index contributed by atoms with van der Waals surface area (Å²) < 4.78 is 40.0. The highest BCUT2D eigenvalue weighted by atomic mass is 32.2. The van der Waals surface area contributed by atoms with Crippen molar-refractivity contribution in [2.24, 2.45) is 0 Å². The Morgan fingerprint density at radius 3 is 2.58 bits per heavy atom. The molecule has 4 aromatic rings. The van der Waals surface area contributed by atoms with Gasteiger partial charge in [-0.05, 0) is 66.6 Å². The van der Waals surface area contributed by atoms with E-state index in [0.29, 0.717) is 46.8 Å². The molecular weight excluding hydrogens is 447 g/mol. The van der Waals surface area contributed by atoms with Crippen molar-refractivity contribution in [2.75, 3.05) is 22.4 Å². The summed E-state index contributed by atoms with van der Waals surface area (Å²) in [4.78, 5) is 15.6. The lowest BCUT2D eigenvalue weighted by Gasteiger charge is -2.17. The first kappa shape index (κ1) is 21.2. The van der Waals surface area contributed by atoms with Gasteiger partial charge < -0.3 is 15.4 Å². The van der Waals surface area contributed by atoms with Gasteiger partial charge in [0.05, 0.1) is 23.3 Å². The molecule has 0 bridgehead atoms. The van der Waals surface area contributed by atoms with Gasteiger partial charge in [0, 0.05) is 23.7 Å². The predicted octanol–water partition coefficient (Wildman–Crippen LogP) is 2.88. The molecule has 1 atom stereocenters. The number of pyridine rings is 1. The summed E-state index contributed by atoms with van der Waals surface area (Å²) in [7, 11) is -3.33. The molecule has 0 amide bonds. The number of H-pyrrole nitrogens is 1. The molecule has 3 N–H and O–H groups in total.